The van der Waals surface area contributed by atoms with Crippen molar-refractivity contribution in [2.24, 2.45) is 11.8 Å². The fraction of sp³-hybridized carbons (Fsp3) is 0.850. The van der Waals surface area contributed by atoms with E-state index in [1.807, 2.05) is 20.8 Å². The molecule has 154 valence electrons. The van der Waals surface area contributed by atoms with Gasteiger partial charge in [0.2, 0.25) is 0 Å². The van der Waals surface area contributed by atoms with Crippen LogP contribution in [0, 0.1) is 11.8 Å². The Labute approximate surface area is 162 Å². The quantitative estimate of drug-likeness (QED) is 0.739. The van der Waals surface area contributed by atoms with Crippen molar-refractivity contribution in [3.8, 4) is 0 Å². The number of ether oxygens (including phenoxy) is 2. The Bertz CT molecular complexity index is 523. The number of amides is 2. The van der Waals surface area contributed by atoms with Crippen molar-refractivity contribution in [3.63, 3.8) is 0 Å². The first-order chi connectivity index (χ1) is 12.7. The lowest BCUT2D eigenvalue weighted by atomic mass is 9.89. The Morgan fingerprint density at radius 3 is 2.41 bits per heavy atom. The second kappa shape index (κ2) is 9.95. The van der Waals surface area contributed by atoms with Gasteiger partial charge in [-0.2, -0.15) is 0 Å². The van der Waals surface area contributed by atoms with Crippen LogP contribution in [0.1, 0.15) is 65.7 Å². The van der Waals surface area contributed by atoms with E-state index in [1.54, 1.807) is 4.90 Å². The van der Waals surface area contributed by atoms with E-state index < -0.39 is 23.6 Å². The minimum atomic E-state index is -0.568. The third kappa shape index (κ3) is 7.77. The fourth-order valence-corrected chi connectivity index (χ4v) is 3.62. The van der Waals surface area contributed by atoms with Crippen LogP contribution in [0.15, 0.2) is 0 Å². The molecule has 27 heavy (non-hydrogen) atoms. The van der Waals surface area contributed by atoms with E-state index in [1.165, 1.54) is 19.3 Å². The molecule has 0 aromatic heterocycles. The SMILES string of the molecule is CC(C)(C)OC(=O)N1CCCC(C(=O)OCC(=O)NCC2CCCCC2)C1. The van der Waals surface area contributed by atoms with Gasteiger partial charge >= 0.3 is 12.1 Å². The lowest BCUT2D eigenvalue weighted by Crippen LogP contribution is -2.45. The molecule has 7 heteroatoms. The molecule has 2 amide bonds. The molecule has 1 saturated carbocycles. The van der Waals surface area contributed by atoms with E-state index in [0.717, 1.165) is 12.8 Å². The molecule has 0 bridgehead atoms. The van der Waals surface area contributed by atoms with Gasteiger partial charge in [-0.1, -0.05) is 19.3 Å². The van der Waals surface area contributed by atoms with Crippen LogP contribution in [-0.4, -0.2) is 54.7 Å². The molecule has 0 aromatic carbocycles. The molecule has 0 spiro atoms. The zero-order valence-electron chi connectivity index (χ0n) is 16.9. The average Bonchev–Trinajstić information content (AvgIpc) is 2.64. The van der Waals surface area contributed by atoms with Gasteiger partial charge in [-0.05, 0) is 52.4 Å². The molecule has 1 aliphatic heterocycles. The summed E-state index contributed by atoms with van der Waals surface area (Å²) in [7, 11) is 0. The second-order valence-electron chi connectivity index (χ2n) is 8.68. The zero-order chi connectivity index (χ0) is 19.9. The van der Waals surface area contributed by atoms with Gasteiger partial charge in [-0.25, -0.2) is 4.79 Å². The summed E-state index contributed by atoms with van der Waals surface area (Å²) < 4.78 is 10.5. The third-order valence-electron chi connectivity index (χ3n) is 5.06. The Morgan fingerprint density at radius 1 is 1.04 bits per heavy atom. The summed E-state index contributed by atoms with van der Waals surface area (Å²) in [6.07, 6.45) is 7.01. The Morgan fingerprint density at radius 2 is 1.74 bits per heavy atom. The number of nitrogens with zero attached hydrogens (tertiary/aromatic N) is 1. The van der Waals surface area contributed by atoms with Crippen LogP contribution >= 0.6 is 0 Å². The van der Waals surface area contributed by atoms with E-state index in [2.05, 4.69) is 5.32 Å². The molecule has 1 aliphatic carbocycles. The van der Waals surface area contributed by atoms with Gasteiger partial charge in [0.15, 0.2) is 6.61 Å². The highest BCUT2D eigenvalue weighted by molar-refractivity contribution is 5.81. The normalized spacial score (nSPS) is 21.4. The molecular weight excluding hydrogens is 348 g/mol. The van der Waals surface area contributed by atoms with Crippen molar-refractivity contribution in [1.82, 2.24) is 10.2 Å². The summed E-state index contributed by atoms with van der Waals surface area (Å²) in [5.41, 5.74) is -0.568. The Kier molecular flexibility index (Phi) is 7.92. The minimum Gasteiger partial charge on any atom is -0.455 e. The maximum absolute atomic E-state index is 12.3. The van der Waals surface area contributed by atoms with Crippen LogP contribution < -0.4 is 5.32 Å². The summed E-state index contributed by atoms with van der Waals surface area (Å²) in [6, 6.07) is 0. The van der Waals surface area contributed by atoms with Crippen LogP contribution in [0.5, 0.6) is 0 Å². The Hall–Kier alpha value is -1.79. The smallest absolute Gasteiger partial charge is 0.410 e. The van der Waals surface area contributed by atoms with Gasteiger partial charge in [0, 0.05) is 19.6 Å². The number of likely N-dealkylation sites (tertiary alicyclic amines) is 1. The highest BCUT2D eigenvalue weighted by atomic mass is 16.6. The number of hydrogen-bond acceptors (Lipinski definition) is 5. The number of rotatable bonds is 5. The third-order valence-corrected chi connectivity index (χ3v) is 5.06. The van der Waals surface area contributed by atoms with Gasteiger partial charge in [0.25, 0.3) is 5.91 Å². The molecule has 2 aliphatic rings. The molecule has 1 atom stereocenters. The number of hydrogen-bond donors (Lipinski definition) is 1. The molecule has 1 N–H and O–H groups in total. The van der Waals surface area contributed by atoms with Gasteiger partial charge in [-0.15, -0.1) is 0 Å². The maximum atomic E-state index is 12.3. The fourth-order valence-electron chi connectivity index (χ4n) is 3.62. The molecule has 1 heterocycles. The lowest BCUT2D eigenvalue weighted by Gasteiger charge is -2.33. The van der Waals surface area contributed by atoms with Crippen molar-refractivity contribution < 1.29 is 23.9 Å². The first-order valence-corrected chi connectivity index (χ1v) is 10.2. The number of esters is 1. The monoisotopic (exact) mass is 382 g/mol. The number of piperidine rings is 1. The zero-order valence-corrected chi connectivity index (χ0v) is 16.9. The van der Waals surface area contributed by atoms with E-state index >= 15 is 0 Å². The summed E-state index contributed by atoms with van der Waals surface area (Å²) >= 11 is 0. The number of nitrogens with one attached hydrogen (secondary N) is 1. The number of carbonyl (C=O) groups excluding carboxylic acids is 3. The van der Waals surface area contributed by atoms with E-state index in [4.69, 9.17) is 9.47 Å². The van der Waals surface area contributed by atoms with Gasteiger partial charge in [0.05, 0.1) is 5.92 Å². The molecule has 7 nitrogen and oxygen atoms in total. The van der Waals surface area contributed by atoms with E-state index in [0.29, 0.717) is 31.8 Å². The predicted octanol–water partition coefficient (Wildman–Crippen LogP) is 2.87. The molecular formula is C20H34N2O5. The highest BCUT2D eigenvalue weighted by Crippen LogP contribution is 2.23. The summed E-state index contributed by atoms with van der Waals surface area (Å²) in [6.45, 7) is 6.68. The van der Waals surface area contributed by atoms with Crippen molar-refractivity contribution >= 4 is 18.0 Å². The maximum Gasteiger partial charge on any atom is 0.410 e. The standard InChI is InChI=1S/C20H34N2O5/c1-20(2,3)27-19(25)22-11-7-10-16(13-22)18(24)26-14-17(23)21-12-15-8-5-4-6-9-15/h15-16H,4-14H2,1-3H3,(H,21,23). The highest BCUT2D eigenvalue weighted by Gasteiger charge is 2.32. The van der Waals surface area contributed by atoms with Crippen LogP contribution in [-0.2, 0) is 19.1 Å². The van der Waals surface area contributed by atoms with Gasteiger partial charge in [-0.3, -0.25) is 9.59 Å². The molecule has 1 unspecified atom stereocenters. The van der Waals surface area contributed by atoms with Crippen LogP contribution in [0.3, 0.4) is 0 Å². The average molecular weight is 383 g/mol. The van der Waals surface area contributed by atoms with Crippen molar-refractivity contribution in [3.05, 3.63) is 0 Å². The molecule has 2 fully saturated rings. The molecule has 1 saturated heterocycles. The number of carbonyl (C=O) groups is 3. The molecule has 2 rings (SSSR count). The van der Waals surface area contributed by atoms with Crippen LogP contribution in [0.4, 0.5) is 4.79 Å². The van der Waals surface area contributed by atoms with Crippen LogP contribution in [0.25, 0.3) is 0 Å². The first kappa shape index (κ1) is 21.5. The summed E-state index contributed by atoms with van der Waals surface area (Å²) in [5.74, 6) is -0.540. The van der Waals surface area contributed by atoms with Crippen molar-refractivity contribution in [2.75, 3.05) is 26.2 Å². The largest absolute Gasteiger partial charge is 0.455 e. The predicted molar refractivity (Wildman–Crippen MR) is 101 cm³/mol. The summed E-state index contributed by atoms with van der Waals surface area (Å²) in [5, 5.41) is 2.86. The first-order valence-electron chi connectivity index (χ1n) is 10.2. The summed E-state index contributed by atoms with van der Waals surface area (Å²) in [4.78, 5) is 37.9. The van der Waals surface area contributed by atoms with E-state index in [-0.39, 0.29) is 19.1 Å². The molecule has 0 radical (unpaired) electrons. The van der Waals surface area contributed by atoms with E-state index in [9.17, 15) is 14.4 Å². The molecule has 0 aromatic rings. The minimum absolute atomic E-state index is 0.255. The lowest BCUT2D eigenvalue weighted by molar-refractivity contribution is -0.154. The van der Waals surface area contributed by atoms with Gasteiger partial charge < -0.3 is 19.7 Å². The topological polar surface area (TPSA) is 84.9 Å². The van der Waals surface area contributed by atoms with Gasteiger partial charge in [0.1, 0.15) is 5.60 Å². The Balaban J connectivity index is 1.69. The van der Waals surface area contributed by atoms with Crippen molar-refractivity contribution in [2.45, 2.75) is 71.3 Å². The second-order valence-corrected chi connectivity index (χ2v) is 8.68. The van der Waals surface area contributed by atoms with Crippen molar-refractivity contribution in [1.29, 1.82) is 0 Å². The van der Waals surface area contributed by atoms with Crippen LogP contribution in [0.2, 0.25) is 0 Å².